The molecule has 0 aromatic heterocycles. The van der Waals surface area contributed by atoms with Crippen LogP contribution < -0.4 is 10.0 Å². The largest absolute Gasteiger partial charge is 0.383 e. The third-order valence-corrected chi connectivity index (χ3v) is 5.21. The van der Waals surface area contributed by atoms with E-state index in [1.807, 2.05) is 13.0 Å². The summed E-state index contributed by atoms with van der Waals surface area (Å²) in [5.41, 5.74) is 1.54. The van der Waals surface area contributed by atoms with Gasteiger partial charge in [-0.1, -0.05) is 23.7 Å². The van der Waals surface area contributed by atoms with Crippen LogP contribution in [0.15, 0.2) is 47.4 Å². The summed E-state index contributed by atoms with van der Waals surface area (Å²) in [6.07, 6.45) is 0. The van der Waals surface area contributed by atoms with Crippen molar-refractivity contribution >= 4 is 33.2 Å². The van der Waals surface area contributed by atoms with Crippen molar-refractivity contribution in [2.45, 2.75) is 11.8 Å². The predicted molar refractivity (Wildman–Crippen MR) is 97.6 cm³/mol. The number of carbonyl (C=O) groups is 1. The maximum Gasteiger partial charge on any atom is 0.263 e. The lowest BCUT2D eigenvalue weighted by Crippen LogP contribution is -2.27. The summed E-state index contributed by atoms with van der Waals surface area (Å²) >= 11 is 6.04. The van der Waals surface area contributed by atoms with E-state index in [1.54, 1.807) is 18.2 Å². The van der Waals surface area contributed by atoms with E-state index in [0.717, 1.165) is 5.56 Å². The molecular formula is C17H19ClN2O4S. The van der Waals surface area contributed by atoms with Crippen LogP contribution >= 0.6 is 11.6 Å². The summed E-state index contributed by atoms with van der Waals surface area (Å²) in [6, 6.07) is 11.0. The van der Waals surface area contributed by atoms with Crippen molar-refractivity contribution in [1.29, 1.82) is 0 Å². The van der Waals surface area contributed by atoms with E-state index in [9.17, 15) is 13.2 Å². The highest BCUT2D eigenvalue weighted by Crippen LogP contribution is 2.25. The normalized spacial score (nSPS) is 11.2. The molecule has 2 aromatic rings. The highest BCUT2D eigenvalue weighted by molar-refractivity contribution is 7.92. The molecule has 25 heavy (non-hydrogen) atoms. The molecule has 0 atom stereocenters. The molecule has 2 rings (SSSR count). The van der Waals surface area contributed by atoms with Crippen LogP contribution in [0, 0.1) is 6.92 Å². The Bertz CT molecular complexity index is 869. The van der Waals surface area contributed by atoms with E-state index in [1.165, 1.54) is 25.3 Å². The smallest absolute Gasteiger partial charge is 0.263 e. The minimum atomic E-state index is -3.93. The average Bonchev–Trinajstić information content (AvgIpc) is 2.54. The van der Waals surface area contributed by atoms with Crippen LogP contribution in [0.3, 0.4) is 0 Å². The fraction of sp³-hybridized carbons (Fsp3) is 0.235. The van der Waals surface area contributed by atoms with Gasteiger partial charge in [0.15, 0.2) is 0 Å². The minimum Gasteiger partial charge on any atom is -0.383 e. The molecule has 0 fully saturated rings. The Morgan fingerprint density at radius 3 is 2.64 bits per heavy atom. The molecule has 0 spiro atoms. The molecule has 2 aromatic carbocycles. The summed E-state index contributed by atoms with van der Waals surface area (Å²) in [5, 5.41) is 2.67. The number of sulfonamides is 1. The third kappa shape index (κ3) is 5.19. The van der Waals surface area contributed by atoms with Crippen molar-refractivity contribution in [3.63, 3.8) is 0 Å². The van der Waals surface area contributed by atoms with Crippen molar-refractivity contribution in [1.82, 2.24) is 5.32 Å². The molecule has 0 unspecified atom stereocenters. The van der Waals surface area contributed by atoms with Crippen LogP contribution in [-0.4, -0.2) is 34.6 Å². The second kappa shape index (κ2) is 8.33. The zero-order valence-corrected chi connectivity index (χ0v) is 15.4. The lowest BCUT2D eigenvalue weighted by atomic mass is 10.2. The van der Waals surface area contributed by atoms with Gasteiger partial charge in [0.25, 0.3) is 15.9 Å². The molecule has 1 amide bonds. The van der Waals surface area contributed by atoms with Crippen LogP contribution in [0.1, 0.15) is 15.9 Å². The van der Waals surface area contributed by atoms with Gasteiger partial charge in [0.05, 0.1) is 11.6 Å². The van der Waals surface area contributed by atoms with E-state index in [4.69, 9.17) is 16.3 Å². The molecule has 8 heteroatoms. The third-order valence-electron chi connectivity index (χ3n) is 3.34. The summed E-state index contributed by atoms with van der Waals surface area (Å²) < 4.78 is 32.6. The van der Waals surface area contributed by atoms with E-state index < -0.39 is 15.9 Å². The molecule has 0 heterocycles. The Balaban J connectivity index is 2.27. The quantitative estimate of drug-likeness (QED) is 0.721. The first kappa shape index (κ1) is 19.2. The fourth-order valence-electron chi connectivity index (χ4n) is 2.14. The van der Waals surface area contributed by atoms with Crippen LogP contribution in [0.2, 0.25) is 5.02 Å². The molecule has 0 aliphatic carbocycles. The van der Waals surface area contributed by atoms with Gasteiger partial charge in [-0.05, 0) is 42.8 Å². The second-order valence-corrected chi connectivity index (χ2v) is 7.43. The molecule has 0 aliphatic rings. The molecule has 0 aliphatic heterocycles. The molecule has 6 nitrogen and oxygen atoms in total. The van der Waals surface area contributed by atoms with Gasteiger partial charge in [0.2, 0.25) is 0 Å². The fourth-order valence-corrected chi connectivity index (χ4v) is 3.71. The van der Waals surface area contributed by atoms with E-state index in [2.05, 4.69) is 10.0 Å². The Morgan fingerprint density at radius 2 is 1.96 bits per heavy atom. The maximum absolute atomic E-state index is 12.6. The van der Waals surface area contributed by atoms with Crippen molar-refractivity contribution < 1.29 is 17.9 Å². The van der Waals surface area contributed by atoms with Crippen molar-refractivity contribution in [3.8, 4) is 0 Å². The molecular weight excluding hydrogens is 364 g/mol. The summed E-state index contributed by atoms with van der Waals surface area (Å²) in [4.78, 5) is 11.9. The molecule has 0 bridgehead atoms. The van der Waals surface area contributed by atoms with Crippen molar-refractivity contribution in [2.24, 2.45) is 0 Å². The van der Waals surface area contributed by atoms with Gasteiger partial charge in [-0.25, -0.2) is 8.42 Å². The minimum absolute atomic E-state index is 0.0357. The van der Waals surface area contributed by atoms with Crippen molar-refractivity contribution in [3.05, 3.63) is 58.6 Å². The van der Waals surface area contributed by atoms with E-state index in [-0.39, 0.29) is 15.5 Å². The summed E-state index contributed by atoms with van der Waals surface area (Å²) in [5.74, 6) is -0.402. The number of hydrogen-bond donors (Lipinski definition) is 2. The highest BCUT2D eigenvalue weighted by Gasteiger charge is 2.20. The topological polar surface area (TPSA) is 84.5 Å². The summed E-state index contributed by atoms with van der Waals surface area (Å²) in [7, 11) is -2.40. The van der Waals surface area contributed by atoms with Gasteiger partial charge in [0.1, 0.15) is 4.90 Å². The first-order chi connectivity index (χ1) is 11.8. The predicted octanol–water partition coefficient (Wildman–Crippen LogP) is 2.83. The van der Waals surface area contributed by atoms with Gasteiger partial charge in [-0.3, -0.25) is 9.52 Å². The van der Waals surface area contributed by atoms with Crippen LogP contribution in [0.4, 0.5) is 5.69 Å². The molecule has 0 saturated carbocycles. The number of benzene rings is 2. The molecule has 0 saturated heterocycles. The second-order valence-electron chi connectivity index (χ2n) is 5.37. The van der Waals surface area contributed by atoms with Crippen molar-refractivity contribution in [2.75, 3.05) is 25.0 Å². The number of ether oxygens (including phenoxy) is 1. The number of anilines is 1. The molecule has 2 N–H and O–H groups in total. The van der Waals surface area contributed by atoms with Crippen LogP contribution in [0.5, 0.6) is 0 Å². The average molecular weight is 383 g/mol. The van der Waals surface area contributed by atoms with Gasteiger partial charge < -0.3 is 10.1 Å². The standard InChI is InChI=1S/C17H19ClN2O4S/c1-12-4-3-5-14(10-12)20-25(22,23)16-11-13(6-7-15(16)18)17(21)19-8-9-24-2/h3-7,10-11,20H,8-9H2,1-2H3,(H,19,21). The Labute approximate surface area is 152 Å². The zero-order valence-electron chi connectivity index (χ0n) is 13.9. The van der Waals surface area contributed by atoms with Gasteiger partial charge in [-0.15, -0.1) is 0 Å². The molecule has 134 valence electrons. The number of amides is 1. The monoisotopic (exact) mass is 382 g/mol. The Kier molecular flexibility index (Phi) is 6.41. The number of methoxy groups -OCH3 is 1. The number of hydrogen-bond acceptors (Lipinski definition) is 4. The zero-order chi connectivity index (χ0) is 18.4. The van der Waals surface area contributed by atoms with Gasteiger partial charge >= 0.3 is 0 Å². The number of nitrogens with one attached hydrogen (secondary N) is 2. The van der Waals surface area contributed by atoms with Gasteiger partial charge in [0, 0.05) is 24.9 Å². The SMILES string of the molecule is COCCNC(=O)c1ccc(Cl)c(S(=O)(=O)Nc2cccc(C)c2)c1. The number of aryl methyl sites for hydroxylation is 1. The lowest BCUT2D eigenvalue weighted by Gasteiger charge is -2.12. The maximum atomic E-state index is 12.6. The number of halogens is 1. The highest BCUT2D eigenvalue weighted by atomic mass is 35.5. The van der Waals surface area contributed by atoms with E-state index >= 15 is 0 Å². The van der Waals surface area contributed by atoms with Crippen LogP contribution in [-0.2, 0) is 14.8 Å². The number of rotatable bonds is 7. The first-order valence-corrected chi connectivity index (χ1v) is 9.36. The number of carbonyl (C=O) groups excluding carboxylic acids is 1. The van der Waals surface area contributed by atoms with Gasteiger partial charge in [-0.2, -0.15) is 0 Å². The lowest BCUT2D eigenvalue weighted by molar-refractivity contribution is 0.0937. The van der Waals surface area contributed by atoms with E-state index in [0.29, 0.717) is 18.8 Å². The Hall–Kier alpha value is -2.09. The molecule has 0 radical (unpaired) electrons. The van der Waals surface area contributed by atoms with Crippen LogP contribution in [0.25, 0.3) is 0 Å². The first-order valence-electron chi connectivity index (χ1n) is 7.49. The Morgan fingerprint density at radius 1 is 1.20 bits per heavy atom. The summed E-state index contributed by atoms with van der Waals surface area (Å²) in [6.45, 7) is 2.54.